The molecule has 0 atom stereocenters. The molecule has 0 aliphatic carbocycles. The third kappa shape index (κ3) is 4.04. The lowest BCUT2D eigenvalue weighted by Crippen LogP contribution is -2.47. The second-order valence-corrected chi connectivity index (χ2v) is 9.65. The predicted molar refractivity (Wildman–Crippen MR) is 123 cm³/mol. The molecule has 158 valence electrons. The third-order valence-corrected chi connectivity index (χ3v) is 7.29. The van der Waals surface area contributed by atoms with Crippen LogP contribution in [0.25, 0.3) is 11.0 Å². The van der Waals surface area contributed by atoms with Crippen molar-refractivity contribution in [1.82, 2.24) is 15.0 Å². The van der Waals surface area contributed by atoms with Crippen LogP contribution in [0.1, 0.15) is 0 Å². The lowest BCUT2D eigenvalue weighted by atomic mass is 10.3. The molecule has 1 aliphatic heterocycles. The van der Waals surface area contributed by atoms with E-state index >= 15 is 0 Å². The number of rotatable bonds is 5. The van der Waals surface area contributed by atoms with Crippen LogP contribution in [0.5, 0.6) is 0 Å². The molecule has 4 aromatic rings. The van der Waals surface area contributed by atoms with Crippen molar-refractivity contribution in [1.29, 1.82) is 0 Å². The van der Waals surface area contributed by atoms with Crippen LogP contribution in [0.15, 0.2) is 71.1 Å². The molecule has 0 radical (unpaired) electrons. The van der Waals surface area contributed by atoms with Gasteiger partial charge in [0, 0.05) is 37.8 Å². The van der Waals surface area contributed by atoms with Gasteiger partial charge in [0.15, 0.2) is 16.8 Å². The van der Waals surface area contributed by atoms with Crippen molar-refractivity contribution in [2.24, 2.45) is 0 Å². The molecule has 0 spiro atoms. The fourth-order valence-electron chi connectivity index (χ4n) is 3.55. The highest BCUT2D eigenvalue weighted by Crippen LogP contribution is 2.29. The molecule has 3 heterocycles. The van der Waals surface area contributed by atoms with Crippen LogP contribution < -0.4 is 14.5 Å². The van der Waals surface area contributed by atoms with Gasteiger partial charge in [-0.3, -0.25) is 4.72 Å². The zero-order chi connectivity index (χ0) is 21.3. The lowest BCUT2D eigenvalue weighted by molar-refractivity contribution is 0.601. The van der Waals surface area contributed by atoms with Gasteiger partial charge in [-0.15, -0.1) is 11.3 Å². The number of sulfonamides is 1. The number of thiazole rings is 1. The first-order valence-electron chi connectivity index (χ1n) is 9.84. The molecular formula is C21H20N6O2S2. The van der Waals surface area contributed by atoms with Gasteiger partial charge in [0.05, 0.1) is 15.9 Å². The van der Waals surface area contributed by atoms with Crippen LogP contribution in [-0.4, -0.2) is 49.5 Å². The Morgan fingerprint density at radius 1 is 0.839 bits per heavy atom. The van der Waals surface area contributed by atoms with Gasteiger partial charge in [-0.25, -0.2) is 23.4 Å². The Balaban J connectivity index is 1.48. The van der Waals surface area contributed by atoms with Gasteiger partial charge in [0.1, 0.15) is 0 Å². The number of piperazine rings is 1. The molecule has 0 saturated carbocycles. The average molecular weight is 453 g/mol. The highest BCUT2D eigenvalue weighted by Gasteiger charge is 2.25. The quantitative estimate of drug-likeness (QED) is 0.497. The molecule has 2 aromatic heterocycles. The molecule has 31 heavy (non-hydrogen) atoms. The number of benzene rings is 2. The maximum Gasteiger partial charge on any atom is 0.263 e. The van der Waals surface area contributed by atoms with E-state index in [0.717, 1.165) is 23.7 Å². The highest BCUT2D eigenvalue weighted by molar-refractivity contribution is 7.92. The van der Waals surface area contributed by atoms with E-state index in [0.29, 0.717) is 24.4 Å². The van der Waals surface area contributed by atoms with Crippen LogP contribution in [0, 0.1) is 0 Å². The summed E-state index contributed by atoms with van der Waals surface area (Å²) in [6, 6.07) is 15.8. The molecular weight excluding hydrogens is 432 g/mol. The van der Waals surface area contributed by atoms with E-state index in [1.165, 1.54) is 0 Å². The summed E-state index contributed by atoms with van der Waals surface area (Å²) >= 11 is 1.61. The Hall–Kier alpha value is -3.24. The fraction of sp³-hybridized carbons (Fsp3) is 0.190. The standard InChI is InChI=1S/C21H20N6O2S2/c28-31(29,16-6-2-1-3-7-16)25-19-20(24-18-9-5-4-8-17(18)23-19)26-11-13-27(14-12-26)21-22-10-15-30-21/h1-10,15H,11-14H2,(H,23,25). The molecule has 1 N–H and O–H groups in total. The molecule has 0 amide bonds. The number of nitrogens with one attached hydrogen (secondary N) is 1. The van der Waals surface area contributed by atoms with E-state index in [-0.39, 0.29) is 10.7 Å². The molecule has 8 nitrogen and oxygen atoms in total. The Kier molecular flexibility index (Phi) is 5.16. The van der Waals surface area contributed by atoms with E-state index in [2.05, 4.69) is 24.5 Å². The second kappa shape index (κ2) is 8.12. The Morgan fingerprint density at radius 2 is 1.48 bits per heavy atom. The summed E-state index contributed by atoms with van der Waals surface area (Å²) in [6.07, 6.45) is 1.80. The van der Waals surface area contributed by atoms with E-state index in [1.807, 2.05) is 29.6 Å². The van der Waals surface area contributed by atoms with Crippen molar-refractivity contribution in [3.8, 4) is 0 Å². The number of para-hydroxylation sites is 2. The fourth-order valence-corrected chi connectivity index (χ4v) is 5.27. The third-order valence-electron chi connectivity index (χ3n) is 5.11. The average Bonchev–Trinajstić information content (AvgIpc) is 3.34. The second-order valence-electron chi connectivity index (χ2n) is 7.09. The molecule has 10 heteroatoms. The van der Waals surface area contributed by atoms with E-state index in [1.54, 1.807) is 47.9 Å². The summed E-state index contributed by atoms with van der Waals surface area (Å²) in [7, 11) is -3.79. The van der Waals surface area contributed by atoms with Gasteiger partial charge in [-0.05, 0) is 24.3 Å². The van der Waals surface area contributed by atoms with E-state index in [4.69, 9.17) is 4.98 Å². The monoisotopic (exact) mass is 452 g/mol. The Bertz CT molecular complexity index is 1290. The number of hydrogen-bond acceptors (Lipinski definition) is 8. The number of hydrogen-bond donors (Lipinski definition) is 1. The smallest absolute Gasteiger partial charge is 0.263 e. The summed E-state index contributed by atoms with van der Waals surface area (Å²) in [6.45, 7) is 2.92. The molecule has 1 aliphatic rings. The minimum atomic E-state index is -3.79. The van der Waals surface area contributed by atoms with Gasteiger partial charge in [0.2, 0.25) is 0 Å². The minimum absolute atomic E-state index is 0.185. The lowest BCUT2D eigenvalue weighted by Gasteiger charge is -2.35. The number of anilines is 3. The van der Waals surface area contributed by atoms with Gasteiger partial charge in [-0.2, -0.15) is 0 Å². The van der Waals surface area contributed by atoms with Gasteiger partial charge >= 0.3 is 0 Å². The first-order valence-corrected chi connectivity index (χ1v) is 12.2. The van der Waals surface area contributed by atoms with E-state index in [9.17, 15) is 8.42 Å². The van der Waals surface area contributed by atoms with Gasteiger partial charge in [0.25, 0.3) is 10.0 Å². The maximum atomic E-state index is 13.0. The van der Waals surface area contributed by atoms with Crippen molar-refractivity contribution in [3.05, 3.63) is 66.2 Å². The number of nitrogens with zero attached hydrogens (tertiary/aromatic N) is 5. The zero-order valence-electron chi connectivity index (χ0n) is 16.5. The Morgan fingerprint density at radius 3 is 2.16 bits per heavy atom. The van der Waals surface area contributed by atoms with Crippen LogP contribution in [0.4, 0.5) is 16.8 Å². The predicted octanol–water partition coefficient (Wildman–Crippen LogP) is 3.21. The van der Waals surface area contributed by atoms with Crippen LogP contribution >= 0.6 is 11.3 Å². The van der Waals surface area contributed by atoms with E-state index < -0.39 is 10.0 Å². The molecule has 0 unspecified atom stereocenters. The van der Waals surface area contributed by atoms with Crippen molar-refractivity contribution < 1.29 is 8.42 Å². The summed E-state index contributed by atoms with van der Waals surface area (Å²) in [5.41, 5.74) is 1.36. The molecule has 1 fully saturated rings. The number of fused-ring (bicyclic) bond motifs is 1. The zero-order valence-corrected chi connectivity index (χ0v) is 18.2. The highest BCUT2D eigenvalue weighted by atomic mass is 32.2. The minimum Gasteiger partial charge on any atom is -0.350 e. The summed E-state index contributed by atoms with van der Waals surface area (Å²) < 4.78 is 28.6. The van der Waals surface area contributed by atoms with Crippen molar-refractivity contribution in [2.45, 2.75) is 4.90 Å². The first-order chi connectivity index (χ1) is 15.1. The molecule has 2 aromatic carbocycles. The van der Waals surface area contributed by atoms with Crippen molar-refractivity contribution >= 4 is 49.2 Å². The van der Waals surface area contributed by atoms with Crippen LogP contribution in [0.3, 0.4) is 0 Å². The summed E-state index contributed by atoms with van der Waals surface area (Å²) in [4.78, 5) is 18.3. The largest absolute Gasteiger partial charge is 0.350 e. The maximum absolute atomic E-state index is 13.0. The number of aromatic nitrogens is 3. The topological polar surface area (TPSA) is 91.3 Å². The molecule has 1 saturated heterocycles. The van der Waals surface area contributed by atoms with Crippen LogP contribution in [-0.2, 0) is 10.0 Å². The van der Waals surface area contributed by atoms with Gasteiger partial charge in [-0.1, -0.05) is 30.3 Å². The van der Waals surface area contributed by atoms with Crippen LogP contribution in [0.2, 0.25) is 0 Å². The summed E-state index contributed by atoms with van der Waals surface area (Å²) in [5.74, 6) is 0.780. The van der Waals surface area contributed by atoms with Gasteiger partial charge < -0.3 is 9.80 Å². The molecule has 5 rings (SSSR count). The first kappa shape index (κ1) is 19.7. The molecule has 0 bridgehead atoms. The van der Waals surface area contributed by atoms with Crippen molar-refractivity contribution in [3.63, 3.8) is 0 Å². The normalized spacial score (nSPS) is 14.7. The Labute approximate surface area is 184 Å². The summed E-state index contributed by atoms with van der Waals surface area (Å²) in [5, 5.41) is 2.96. The van der Waals surface area contributed by atoms with Crippen molar-refractivity contribution in [2.75, 3.05) is 40.7 Å². The SMILES string of the molecule is O=S(=O)(Nc1nc2ccccc2nc1N1CCN(c2nccs2)CC1)c1ccccc1.